The second-order valence-electron chi connectivity index (χ2n) is 7.67. The van der Waals surface area contributed by atoms with Gasteiger partial charge in [0.05, 0.1) is 19.6 Å². The van der Waals surface area contributed by atoms with Crippen molar-refractivity contribution >= 4 is 11.8 Å². The molecule has 1 heterocycles. The molecular formula is C18H32N3O3+. The highest BCUT2D eigenvalue weighted by Gasteiger charge is 2.41. The maximum Gasteiger partial charge on any atom is 0.277 e. The maximum atomic E-state index is 12.4. The lowest BCUT2D eigenvalue weighted by Crippen LogP contribution is -2.42. The Bertz CT molecular complexity index is 478. The molecule has 0 unspecified atom stereocenters. The van der Waals surface area contributed by atoms with E-state index in [4.69, 9.17) is 10.5 Å². The highest BCUT2D eigenvalue weighted by atomic mass is 16.5. The second kappa shape index (κ2) is 8.53. The van der Waals surface area contributed by atoms with Crippen molar-refractivity contribution in [3.63, 3.8) is 0 Å². The SMILES string of the molecule is CNCC(C)(C)C(N)=CC(=O)NC(=O)C(C)(C)[CH+]C1CCOCC1. The zero-order chi connectivity index (χ0) is 18.4. The van der Waals surface area contributed by atoms with Crippen LogP contribution in [0.4, 0.5) is 0 Å². The van der Waals surface area contributed by atoms with Crippen molar-refractivity contribution < 1.29 is 14.3 Å². The van der Waals surface area contributed by atoms with E-state index in [0.717, 1.165) is 26.1 Å². The fraction of sp³-hybridized carbons (Fsp3) is 0.722. The van der Waals surface area contributed by atoms with Gasteiger partial charge < -0.3 is 15.8 Å². The minimum absolute atomic E-state index is 0.311. The highest BCUT2D eigenvalue weighted by molar-refractivity contribution is 6.03. The number of carbonyl (C=O) groups excluding carboxylic acids is 2. The average molecular weight is 338 g/mol. The van der Waals surface area contributed by atoms with Crippen molar-refractivity contribution in [1.82, 2.24) is 10.6 Å². The van der Waals surface area contributed by atoms with Crippen LogP contribution in [0.1, 0.15) is 40.5 Å². The molecule has 6 heteroatoms. The molecule has 4 N–H and O–H groups in total. The van der Waals surface area contributed by atoms with Crippen LogP contribution in [-0.2, 0) is 14.3 Å². The van der Waals surface area contributed by atoms with E-state index in [9.17, 15) is 9.59 Å². The lowest BCUT2D eigenvalue weighted by atomic mass is 9.79. The third-order valence-electron chi connectivity index (χ3n) is 4.43. The third kappa shape index (κ3) is 6.17. The molecule has 2 amide bonds. The number of carbonyl (C=O) groups is 2. The van der Waals surface area contributed by atoms with Gasteiger partial charge in [-0.3, -0.25) is 14.9 Å². The Morgan fingerprint density at radius 1 is 1.25 bits per heavy atom. The summed E-state index contributed by atoms with van der Waals surface area (Å²) in [5.74, 6) is -0.450. The molecule has 6 nitrogen and oxygen atoms in total. The van der Waals surface area contributed by atoms with Crippen LogP contribution in [0, 0.1) is 23.2 Å². The van der Waals surface area contributed by atoms with E-state index in [1.165, 1.54) is 6.08 Å². The summed E-state index contributed by atoms with van der Waals surface area (Å²) in [6.07, 6.45) is 5.15. The Morgan fingerprint density at radius 3 is 2.38 bits per heavy atom. The fourth-order valence-electron chi connectivity index (χ4n) is 2.74. The monoisotopic (exact) mass is 338 g/mol. The van der Waals surface area contributed by atoms with Gasteiger partial charge >= 0.3 is 0 Å². The summed E-state index contributed by atoms with van der Waals surface area (Å²) in [4.78, 5) is 24.5. The number of imide groups is 1. The van der Waals surface area contributed by atoms with Gasteiger partial charge in [0.2, 0.25) is 0 Å². The first-order valence-corrected chi connectivity index (χ1v) is 8.50. The van der Waals surface area contributed by atoms with Crippen LogP contribution >= 0.6 is 0 Å². The lowest BCUT2D eigenvalue weighted by Gasteiger charge is -2.25. The van der Waals surface area contributed by atoms with Crippen LogP contribution in [0.2, 0.25) is 0 Å². The van der Waals surface area contributed by atoms with Gasteiger partial charge in [-0.1, -0.05) is 13.8 Å². The van der Waals surface area contributed by atoms with E-state index in [-0.39, 0.29) is 11.3 Å². The van der Waals surface area contributed by atoms with E-state index in [0.29, 0.717) is 18.2 Å². The van der Waals surface area contributed by atoms with E-state index in [2.05, 4.69) is 10.6 Å². The average Bonchev–Trinajstić information content (AvgIpc) is 2.47. The van der Waals surface area contributed by atoms with Gasteiger partial charge in [-0.25, -0.2) is 0 Å². The van der Waals surface area contributed by atoms with Gasteiger partial charge in [-0.2, -0.15) is 0 Å². The van der Waals surface area contributed by atoms with Crippen LogP contribution in [0.25, 0.3) is 0 Å². The topological polar surface area (TPSA) is 93.5 Å². The number of amides is 2. The molecule has 1 saturated heterocycles. The molecular weight excluding hydrogens is 306 g/mol. The Morgan fingerprint density at radius 2 is 1.83 bits per heavy atom. The Balaban J connectivity index is 2.62. The molecule has 0 aromatic heterocycles. The Hall–Kier alpha value is -1.53. The summed E-state index contributed by atoms with van der Waals surface area (Å²) < 4.78 is 5.33. The summed E-state index contributed by atoms with van der Waals surface area (Å²) >= 11 is 0. The van der Waals surface area contributed by atoms with E-state index < -0.39 is 11.3 Å². The first-order valence-electron chi connectivity index (χ1n) is 8.50. The quantitative estimate of drug-likeness (QED) is 0.482. The minimum Gasteiger partial charge on any atom is -0.401 e. The first kappa shape index (κ1) is 20.5. The van der Waals surface area contributed by atoms with Crippen LogP contribution in [0.15, 0.2) is 11.8 Å². The molecule has 1 aliphatic heterocycles. The molecule has 0 atom stereocenters. The van der Waals surface area contributed by atoms with Gasteiger partial charge in [0.1, 0.15) is 5.92 Å². The van der Waals surface area contributed by atoms with Crippen molar-refractivity contribution in [3.8, 4) is 0 Å². The fourth-order valence-corrected chi connectivity index (χ4v) is 2.74. The summed E-state index contributed by atoms with van der Waals surface area (Å²) in [5, 5.41) is 5.48. The summed E-state index contributed by atoms with van der Waals surface area (Å²) in [6, 6.07) is 0. The smallest absolute Gasteiger partial charge is 0.277 e. The largest absolute Gasteiger partial charge is 0.401 e. The molecule has 0 saturated carbocycles. The number of nitrogens with one attached hydrogen (secondary N) is 2. The number of hydrogen-bond acceptors (Lipinski definition) is 5. The van der Waals surface area contributed by atoms with E-state index >= 15 is 0 Å². The molecule has 136 valence electrons. The Kier molecular flexibility index (Phi) is 7.29. The van der Waals surface area contributed by atoms with Gasteiger partial charge in [0, 0.05) is 36.6 Å². The van der Waals surface area contributed by atoms with Crippen LogP contribution in [0.3, 0.4) is 0 Å². The molecule has 1 fully saturated rings. The third-order valence-corrected chi connectivity index (χ3v) is 4.43. The molecule has 1 rings (SSSR count). The molecule has 0 aromatic carbocycles. The summed E-state index contributed by atoms with van der Waals surface area (Å²) in [5.41, 5.74) is 5.35. The first-order chi connectivity index (χ1) is 11.1. The van der Waals surface area contributed by atoms with Crippen LogP contribution in [0.5, 0.6) is 0 Å². The number of hydrogen-bond donors (Lipinski definition) is 3. The zero-order valence-corrected chi connectivity index (χ0v) is 15.6. The van der Waals surface area contributed by atoms with Crippen molar-refractivity contribution in [2.75, 3.05) is 26.8 Å². The highest BCUT2D eigenvalue weighted by Crippen LogP contribution is 2.30. The summed E-state index contributed by atoms with van der Waals surface area (Å²) in [7, 11) is 1.83. The second-order valence-corrected chi connectivity index (χ2v) is 7.67. The number of nitrogens with two attached hydrogens (primary N) is 1. The van der Waals surface area contributed by atoms with Gasteiger partial charge in [-0.15, -0.1) is 0 Å². The molecule has 0 bridgehead atoms. The maximum absolute atomic E-state index is 12.4. The molecule has 0 spiro atoms. The van der Waals surface area contributed by atoms with Crippen LogP contribution in [-0.4, -0.2) is 38.6 Å². The van der Waals surface area contributed by atoms with Crippen molar-refractivity contribution in [2.24, 2.45) is 22.5 Å². The van der Waals surface area contributed by atoms with Crippen molar-refractivity contribution in [2.45, 2.75) is 40.5 Å². The normalized spacial score (nSPS) is 17.5. The van der Waals surface area contributed by atoms with Crippen molar-refractivity contribution in [3.05, 3.63) is 18.2 Å². The van der Waals surface area contributed by atoms with Crippen LogP contribution < -0.4 is 16.4 Å². The molecule has 24 heavy (non-hydrogen) atoms. The lowest BCUT2D eigenvalue weighted by molar-refractivity contribution is -0.133. The molecule has 1 aliphatic rings. The standard InChI is InChI=1S/C18H31N3O3/c1-17(2,11-13-6-8-24-9-7-13)16(23)21-15(22)10-14(19)18(3,4)12-20-5/h10-11,13,20H,6-9,12H2,1-5H3,(H2-,19,21,22,23)/p+1. The summed E-state index contributed by atoms with van der Waals surface area (Å²) in [6.45, 7) is 9.60. The van der Waals surface area contributed by atoms with Gasteiger partial charge in [0.15, 0.2) is 5.41 Å². The predicted molar refractivity (Wildman–Crippen MR) is 94.8 cm³/mol. The molecule has 0 aliphatic carbocycles. The predicted octanol–water partition coefficient (Wildman–Crippen LogP) is 1.37. The number of rotatable bonds is 7. The van der Waals surface area contributed by atoms with Gasteiger partial charge in [-0.05, 0) is 20.9 Å². The van der Waals surface area contributed by atoms with Crippen molar-refractivity contribution in [1.29, 1.82) is 0 Å². The molecule has 0 radical (unpaired) electrons. The van der Waals surface area contributed by atoms with E-state index in [1.54, 1.807) is 0 Å². The minimum atomic E-state index is -0.721. The number of ether oxygens (including phenoxy) is 1. The Labute approximate surface area is 145 Å². The van der Waals surface area contributed by atoms with E-state index in [1.807, 2.05) is 41.2 Å². The molecule has 0 aromatic rings. The van der Waals surface area contributed by atoms with Gasteiger partial charge in [0.25, 0.3) is 11.8 Å². The zero-order valence-electron chi connectivity index (χ0n) is 15.6.